The number of carbonyl (C=O) groups excluding carboxylic acids is 2. The van der Waals surface area contributed by atoms with Crippen LogP contribution in [-0.4, -0.2) is 56.8 Å². The quantitative estimate of drug-likeness (QED) is 0.0653. The van der Waals surface area contributed by atoms with Gasteiger partial charge in [0.15, 0.2) is 0 Å². The fraction of sp³-hybridized carbons (Fsp3) is 0.947. The Hall–Kier alpha value is -1.10. The minimum absolute atomic E-state index is 0.0705. The lowest BCUT2D eigenvalue weighted by Gasteiger charge is -2.29. The average Bonchev–Trinajstić information content (AvgIpc) is 2.91. The first-order valence-electron chi connectivity index (χ1n) is 18.4. The van der Waals surface area contributed by atoms with Gasteiger partial charge in [0.1, 0.15) is 26.3 Å². The van der Waals surface area contributed by atoms with Gasteiger partial charge in [-0.05, 0) is 48.3 Å². The summed E-state index contributed by atoms with van der Waals surface area (Å²) in [5.74, 6) is 3.84. The molecule has 0 amide bonds. The van der Waals surface area contributed by atoms with Gasteiger partial charge in [-0.2, -0.15) is 0 Å². The second-order valence-corrected chi connectivity index (χ2v) is 15.5. The molecule has 0 saturated heterocycles. The number of nitrogens with zero attached hydrogens (tertiary/aromatic N) is 1. The molecular formula is C38H76NO4+. The van der Waals surface area contributed by atoms with Gasteiger partial charge in [0.05, 0.1) is 14.1 Å². The number of esters is 2. The molecule has 0 aliphatic rings. The zero-order valence-electron chi connectivity index (χ0n) is 30.7. The molecule has 0 rings (SSSR count). The molecule has 0 saturated carbocycles. The summed E-state index contributed by atoms with van der Waals surface area (Å²) in [4.78, 5) is 25.0. The zero-order chi connectivity index (χ0) is 32.7. The van der Waals surface area contributed by atoms with Gasteiger partial charge in [-0.15, -0.1) is 0 Å². The maximum Gasteiger partial charge on any atom is 0.306 e. The Balaban J connectivity index is 4.13. The average molecular weight is 611 g/mol. The van der Waals surface area contributed by atoms with Gasteiger partial charge in [-0.25, -0.2) is 0 Å². The van der Waals surface area contributed by atoms with E-state index in [4.69, 9.17) is 9.47 Å². The molecule has 4 unspecified atom stereocenters. The van der Waals surface area contributed by atoms with Crippen LogP contribution in [0.3, 0.4) is 0 Å². The minimum Gasteiger partial charge on any atom is -0.460 e. The van der Waals surface area contributed by atoms with Crippen LogP contribution in [0.25, 0.3) is 0 Å². The summed E-state index contributed by atoms with van der Waals surface area (Å²) < 4.78 is 11.9. The van der Waals surface area contributed by atoms with E-state index < -0.39 is 0 Å². The number of quaternary nitrogens is 1. The van der Waals surface area contributed by atoms with Gasteiger partial charge < -0.3 is 14.0 Å². The van der Waals surface area contributed by atoms with Crippen molar-refractivity contribution in [2.75, 3.05) is 40.4 Å². The minimum atomic E-state index is -0.0705. The number of carbonyl (C=O) groups is 2. The van der Waals surface area contributed by atoms with Gasteiger partial charge in [0.2, 0.25) is 0 Å². The van der Waals surface area contributed by atoms with E-state index in [1.807, 2.05) is 0 Å². The molecule has 0 fully saturated rings. The normalized spacial score (nSPS) is 15.0. The molecular weight excluding hydrogens is 534 g/mol. The maximum absolute atomic E-state index is 12.5. The summed E-state index contributed by atoms with van der Waals surface area (Å²) in [7, 11) is 4.21. The van der Waals surface area contributed by atoms with Gasteiger partial charge in [-0.1, -0.05) is 132 Å². The van der Waals surface area contributed by atoms with Crippen molar-refractivity contribution in [1.29, 1.82) is 0 Å². The predicted octanol–water partition coefficient (Wildman–Crippen LogP) is 10.2. The molecule has 0 aromatic rings. The predicted molar refractivity (Wildman–Crippen MR) is 184 cm³/mol. The summed E-state index contributed by atoms with van der Waals surface area (Å²) in [5.41, 5.74) is 0. The van der Waals surface area contributed by atoms with Crippen LogP contribution < -0.4 is 0 Å². The molecule has 4 atom stereocenters. The van der Waals surface area contributed by atoms with Crippen molar-refractivity contribution in [2.45, 2.75) is 158 Å². The zero-order valence-corrected chi connectivity index (χ0v) is 30.7. The first kappa shape index (κ1) is 41.9. The fourth-order valence-electron chi connectivity index (χ4n) is 5.96. The standard InChI is InChI=1S/C38H76NO4/c1-11-35(23-15-21-33(7)19-13-17-31(3)4)29-37(40)42-27-25-39(9,10)26-28-43-38(41)30-36(12-2)24-16-22-34(8)20-14-18-32(5)6/h31-36H,11-30H2,1-10H3/q+1. The lowest BCUT2D eigenvalue weighted by atomic mass is 9.91. The van der Waals surface area contributed by atoms with Crippen LogP contribution in [0.15, 0.2) is 0 Å². The molecule has 0 aliphatic carbocycles. The number of ether oxygens (including phenoxy) is 2. The molecule has 0 aromatic heterocycles. The van der Waals surface area contributed by atoms with E-state index in [1.54, 1.807) is 0 Å². The van der Waals surface area contributed by atoms with E-state index in [0.717, 1.165) is 62.4 Å². The molecule has 43 heavy (non-hydrogen) atoms. The first-order chi connectivity index (χ1) is 20.3. The molecule has 0 spiro atoms. The smallest absolute Gasteiger partial charge is 0.306 e. The molecule has 0 N–H and O–H groups in total. The van der Waals surface area contributed by atoms with Crippen LogP contribution in [-0.2, 0) is 19.1 Å². The van der Waals surface area contributed by atoms with Crippen LogP contribution in [0, 0.1) is 35.5 Å². The van der Waals surface area contributed by atoms with Crippen LogP contribution in [0.2, 0.25) is 0 Å². The Morgan fingerprint density at radius 1 is 0.535 bits per heavy atom. The Labute approximate surface area is 269 Å². The molecule has 5 heteroatoms. The van der Waals surface area contributed by atoms with Crippen molar-refractivity contribution in [2.24, 2.45) is 35.5 Å². The summed E-state index contributed by atoms with van der Waals surface area (Å²) >= 11 is 0. The summed E-state index contributed by atoms with van der Waals surface area (Å²) in [6.45, 7) is 20.6. The first-order valence-corrected chi connectivity index (χ1v) is 18.4. The highest BCUT2D eigenvalue weighted by Crippen LogP contribution is 2.24. The topological polar surface area (TPSA) is 52.6 Å². The van der Waals surface area contributed by atoms with Crippen molar-refractivity contribution in [3.63, 3.8) is 0 Å². The fourth-order valence-corrected chi connectivity index (χ4v) is 5.96. The molecule has 0 aromatic carbocycles. The van der Waals surface area contributed by atoms with E-state index >= 15 is 0 Å². The molecule has 0 bridgehead atoms. The second-order valence-electron chi connectivity index (χ2n) is 15.5. The third kappa shape index (κ3) is 25.9. The highest BCUT2D eigenvalue weighted by molar-refractivity contribution is 5.70. The van der Waals surface area contributed by atoms with Gasteiger partial charge in [0.25, 0.3) is 0 Å². The van der Waals surface area contributed by atoms with Crippen molar-refractivity contribution in [3.8, 4) is 0 Å². The van der Waals surface area contributed by atoms with Crippen molar-refractivity contribution < 1.29 is 23.5 Å². The van der Waals surface area contributed by atoms with Crippen molar-refractivity contribution in [3.05, 3.63) is 0 Å². The molecule has 0 radical (unpaired) electrons. The summed E-state index contributed by atoms with van der Waals surface area (Å²) in [5, 5.41) is 0. The van der Waals surface area contributed by atoms with E-state index in [2.05, 4.69) is 69.5 Å². The Bertz CT molecular complexity index is 633. The van der Waals surface area contributed by atoms with Crippen LogP contribution in [0.1, 0.15) is 158 Å². The van der Waals surface area contributed by atoms with E-state index in [0.29, 0.717) is 42.4 Å². The third-order valence-corrected chi connectivity index (χ3v) is 9.56. The summed E-state index contributed by atoms with van der Waals surface area (Å²) in [6, 6.07) is 0. The summed E-state index contributed by atoms with van der Waals surface area (Å²) in [6.07, 6.45) is 18.2. The van der Waals surface area contributed by atoms with Crippen LogP contribution in [0.4, 0.5) is 0 Å². The largest absolute Gasteiger partial charge is 0.460 e. The van der Waals surface area contributed by atoms with Gasteiger partial charge >= 0.3 is 11.9 Å². The molecule has 5 nitrogen and oxygen atoms in total. The SMILES string of the molecule is CCC(CCCC(C)CCCC(C)C)CC(=O)OCC[N+](C)(C)CCOC(=O)CC(CC)CCCC(C)CCCC(C)C. The maximum atomic E-state index is 12.5. The number of hydrogen-bond donors (Lipinski definition) is 0. The second kappa shape index (κ2) is 25.1. The Morgan fingerprint density at radius 2 is 0.860 bits per heavy atom. The number of hydrogen-bond acceptors (Lipinski definition) is 4. The van der Waals surface area contributed by atoms with Gasteiger partial charge in [-0.3, -0.25) is 9.59 Å². The lowest BCUT2D eigenvalue weighted by molar-refractivity contribution is -0.890. The van der Waals surface area contributed by atoms with Crippen LogP contribution >= 0.6 is 0 Å². The highest BCUT2D eigenvalue weighted by Gasteiger charge is 2.20. The van der Waals surface area contributed by atoms with Crippen LogP contribution in [0.5, 0.6) is 0 Å². The number of rotatable bonds is 28. The van der Waals surface area contributed by atoms with E-state index in [-0.39, 0.29) is 11.9 Å². The molecule has 0 aliphatic heterocycles. The van der Waals surface area contributed by atoms with E-state index in [9.17, 15) is 9.59 Å². The monoisotopic (exact) mass is 611 g/mol. The van der Waals surface area contributed by atoms with Gasteiger partial charge in [0, 0.05) is 12.8 Å². The Kier molecular flexibility index (Phi) is 24.5. The third-order valence-electron chi connectivity index (χ3n) is 9.56. The molecule has 0 heterocycles. The lowest BCUT2D eigenvalue weighted by Crippen LogP contribution is -2.45. The Morgan fingerprint density at radius 3 is 1.16 bits per heavy atom. The van der Waals surface area contributed by atoms with E-state index in [1.165, 1.54) is 64.2 Å². The van der Waals surface area contributed by atoms with Crippen molar-refractivity contribution >= 4 is 11.9 Å². The van der Waals surface area contributed by atoms with Crippen molar-refractivity contribution in [1.82, 2.24) is 0 Å². The highest BCUT2D eigenvalue weighted by atomic mass is 16.5. The molecule has 256 valence electrons. The number of likely N-dealkylation sites (N-methyl/N-ethyl adjacent to an activating group) is 1.